The Morgan fingerprint density at radius 2 is 1.42 bits per heavy atom. The van der Waals surface area contributed by atoms with Crippen molar-refractivity contribution in [1.29, 1.82) is 0 Å². The number of alkyl halides is 1. The highest BCUT2D eigenvalue weighted by atomic mass is 79.9. The Kier molecular flexibility index (Phi) is 10.8. The van der Waals surface area contributed by atoms with Gasteiger partial charge in [-0.3, -0.25) is 0 Å². The first kappa shape index (κ1) is 22.3. The van der Waals surface area contributed by atoms with Gasteiger partial charge in [-0.2, -0.15) is 0 Å². The molecule has 0 bridgehead atoms. The standard InChI is InChI=1S/C19H27BrO6/c1-4-24-18(21)14-13-17(26-11-9-7-6-8-10-20)15(12-16(14)23-3)19(22)25-5-2/h12-13H,4-11H2,1-3H3. The van der Waals surface area contributed by atoms with Crippen LogP contribution in [0.4, 0.5) is 0 Å². The smallest absolute Gasteiger partial charge is 0.342 e. The average molecular weight is 431 g/mol. The molecule has 0 spiro atoms. The van der Waals surface area contributed by atoms with Crippen LogP contribution in [0.15, 0.2) is 12.1 Å². The molecule has 0 fully saturated rings. The van der Waals surface area contributed by atoms with Crippen LogP contribution in [0.3, 0.4) is 0 Å². The predicted octanol–water partition coefficient (Wildman–Crippen LogP) is 4.38. The molecule has 0 radical (unpaired) electrons. The zero-order valence-electron chi connectivity index (χ0n) is 15.6. The van der Waals surface area contributed by atoms with E-state index in [0.717, 1.165) is 31.0 Å². The number of carbonyl (C=O) groups is 2. The fourth-order valence-electron chi connectivity index (χ4n) is 2.32. The summed E-state index contributed by atoms with van der Waals surface area (Å²) in [5, 5.41) is 0.988. The number of hydrogen-bond donors (Lipinski definition) is 0. The van der Waals surface area contributed by atoms with E-state index in [1.165, 1.54) is 19.2 Å². The maximum atomic E-state index is 12.2. The molecule has 1 aromatic rings. The molecule has 0 aromatic heterocycles. The molecule has 0 saturated carbocycles. The number of halogens is 1. The molecule has 146 valence electrons. The van der Waals surface area contributed by atoms with Crippen LogP contribution < -0.4 is 9.47 Å². The van der Waals surface area contributed by atoms with Crippen molar-refractivity contribution in [3.05, 3.63) is 23.3 Å². The lowest BCUT2D eigenvalue weighted by Gasteiger charge is -2.15. The summed E-state index contributed by atoms with van der Waals surface area (Å²) in [7, 11) is 1.43. The molecule has 0 aliphatic carbocycles. The van der Waals surface area contributed by atoms with Gasteiger partial charge >= 0.3 is 11.9 Å². The molecule has 0 atom stereocenters. The van der Waals surface area contributed by atoms with Crippen LogP contribution in [0.2, 0.25) is 0 Å². The summed E-state index contributed by atoms with van der Waals surface area (Å²) in [5.41, 5.74) is 0.453. The summed E-state index contributed by atoms with van der Waals surface area (Å²) in [5.74, 6) is -0.499. The third-order valence-electron chi connectivity index (χ3n) is 3.58. The Bertz CT molecular complexity index is 588. The molecule has 26 heavy (non-hydrogen) atoms. The van der Waals surface area contributed by atoms with Gasteiger partial charge in [-0.25, -0.2) is 9.59 Å². The van der Waals surface area contributed by atoms with Gasteiger partial charge in [0, 0.05) is 5.33 Å². The monoisotopic (exact) mass is 430 g/mol. The highest BCUT2D eigenvalue weighted by Crippen LogP contribution is 2.30. The highest BCUT2D eigenvalue weighted by molar-refractivity contribution is 9.09. The average Bonchev–Trinajstić information content (AvgIpc) is 2.64. The van der Waals surface area contributed by atoms with Gasteiger partial charge in [0.1, 0.15) is 22.6 Å². The Morgan fingerprint density at radius 3 is 1.96 bits per heavy atom. The molecule has 0 heterocycles. The third kappa shape index (κ3) is 6.86. The summed E-state index contributed by atoms with van der Waals surface area (Å²) in [6.45, 7) is 4.38. The molecule has 0 aliphatic heterocycles. The van der Waals surface area contributed by atoms with Gasteiger partial charge in [-0.15, -0.1) is 0 Å². The van der Waals surface area contributed by atoms with E-state index in [4.69, 9.17) is 18.9 Å². The number of hydrogen-bond acceptors (Lipinski definition) is 6. The van der Waals surface area contributed by atoms with Crippen LogP contribution in [0.25, 0.3) is 0 Å². The summed E-state index contributed by atoms with van der Waals surface area (Å²) < 4.78 is 21.1. The molecule has 1 rings (SSSR count). The lowest BCUT2D eigenvalue weighted by molar-refractivity contribution is 0.0504. The first-order chi connectivity index (χ1) is 12.6. The normalized spacial score (nSPS) is 10.3. The summed E-state index contributed by atoms with van der Waals surface area (Å²) in [6, 6.07) is 2.95. The van der Waals surface area contributed by atoms with Crippen molar-refractivity contribution < 1.29 is 28.5 Å². The molecule has 0 aliphatic rings. The van der Waals surface area contributed by atoms with Crippen LogP contribution in [-0.4, -0.2) is 44.2 Å². The van der Waals surface area contributed by atoms with Crippen molar-refractivity contribution in [1.82, 2.24) is 0 Å². The molecule has 1 aromatic carbocycles. The second kappa shape index (κ2) is 12.6. The van der Waals surface area contributed by atoms with E-state index in [1.807, 2.05) is 0 Å². The molecule has 0 N–H and O–H groups in total. The topological polar surface area (TPSA) is 71.1 Å². The number of methoxy groups -OCH3 is 1. The number of esters is 2. The number of rotatable bonds is 12. The van der Waals surface area contributed by atoms with Crippen LogP contribution >= 0.6 is 15.9 Å². The van der Waals surface area contributed by atoms with E-state index in [0.29, 0.717) is 12.4 Å². The number of carbonyl (C=O) groups excluding carboxylic acids is 2. The van der Waals surface area contributed by atoms with Gasteiger partial charge in [0.05, 0.1) is 26.9 Å². The maximum absolute atomic E-state index is 12.2. The van der Waals surface area contributed by atoms with Crippen molar-refractivity contribution in [3.63, 3.8) is 0 Å². The quantitative estimate of drug-likeness (QED) is 0.278. The SMILES string of the molecule is CCOC(=O)c1cc(OCCCCCCBr)c(C(=O)OCC)cc1OC. The van der Waals surface area contributed by atoms with E-state index < -0.39 is 11.9 Å². The fourth-order valence-corrected chi connectivity index (χ4v) is 2.71. The molecule has 6 nitrogen and oxygen atoms in total. The second-order valence-electron chi connectivity index (χ2n) is 5.44. The van der Waals surface area contributed by atoms with Crippen LogP contribution in [0, 0.1) is 0 Å². The lowest BCUT2D eigenvalue weighted by atomic mass is 10.1. The second-order valence-corrected chi connectivity index (χ2v) is 6.23. The zero-order valence-corrected chi connectivity index (χ0v) is 17.2. The fraction of sp³-hybridized carbons (Fsp3) is 0.579. The highest BCUT2D eigenvalue weighted by Gasteiger charge is 2.22. The zero-order chi connectivity index (χ0) is 19.4. The Balaban J connectivity index is 3.02. The van der Waals surface area contributed by atoms with Crippen LogP contribution in [0.5, 0.6) is 11.5 Å². The minimum absolute atomic E-state index is 0.219. The Labute approximate surface area is 163 Å². The van der Waals surface area contributed by atoms with Crippen molar-refractivity contribution in [3.8, 4) is 11.5 Å². The van der Waals surface area contributed by atoms with Gasteiger partial charge in [-0.1, -0.05) is 28.8 Å². The lowest BCUT2D eigenvalue weighted by Crippen LogP contribution is -2.13. The van der Waals surface area contributed by atoms with Gasteiger partial charge in [0.15, 0.2) is 0 Å². The van der Waals surface area contributed by atoms with Crippen LogP contribution in [-0.2, 0) is 9.47 Å². The number of unbranched alkanes of at least 4 members (excludes halogenated alkanes) is 3. The number of benzene rings is 1. The summed E-state index contributed by atoms with van der Waals surface area (Å²) in [4.78, 5) is 24.4. The van der Waals surface area contributed by atoms with E-state index >= 15 is 0 Å². The molecule has 0 saturated heterocycles. The van der Waals surface area contributed by atoms with Gasteiger partial charge in [-0.05, 0) is 38.8 Å². The van der Waals surface area contributed by atoms with E-state index in [2.05, 4.69) is 15.9 Å². The van der Waals surface area contributed by atoms with Crippen molar-refractivity contribution >= 4 is 27.9 Å². The summed E-state index contributed by atoms with van der Waals surface area (Å²) >= 11 is 3.40. The molecule has 0 amide bonds. The van der Waals surface area contributed by atoms with Gasteiger partial charge < -0.3 is 18.9 Å². The van der Waals surface area contributed by atoms with E-state index in [-0.39, 0.29) is 30.1 Å². The molecular weight excluding hydrogens is 404 g/mol. The van der Waals surface area contributed by atoms with Crippen molar-refractivity contribution in [2.24, 2.45) is 0 Å². The van der Waals surface area contributed by atoms with Crippen LogP contribution in [0.1, 0.15) is 60.2 Å². The molecule has 0 unspecified atom stereocenters. The first-order valence-electron chi connectivity index (χ1n) is 8.84. The molecule has 7 heteroatoms. The Hall–Kier alpha value is -1.76. The minimum atomic E-state index is -0.526. The minimum Gasteiger partial charge on any atom is -0.496 e. The van der Waals surface area contributed by atoms with Gasteiger partial charge in [0.2, 0.25) is 0 Å². The predicted molar refractivity (Wildman–Crippen MR) is 103 cm³/mol. The number of ether oxygens (including phenoxy) is 4. The summed E-state index contributed by atoms with van der Waals surface area (Å²) in [6.07, 6.45) is 4.11. The Morgan fingerprint density at radius 1 is 0.885 bits per heavy atom. The van der Waals surface area contributed by atoms with Crippen molar-refractivity contribution in [2.45, 2.75) is 39.5 Å². The molecular formula is C19H27BrO6. The van der Waals surface area contributed by atoms with E-state index in [9.17, 15) is 9.59 Å². The van der Waals surface area contributed by atoms with Gasteiger partial charge in [0.25, 0.3) is 0 Å². The largest absolute Gasteiger partial charge is 0.496 e. The maximum Gasteiger partial charge on any atom is 0.342 e. The first-order valence-corrected chi connectivity index (χ1v) is 9.96. The van der Waals surface area contributed by atoms with E-state index in [1.54, 1.807) is 13.8 Å². The van der Waals surface area contributed by atoms with Crippen molar-refractivity contribution in [2.75, 3.05) is 32.3 Å². The third-order valence-corrected chi connectivity index (χ3v) is 4.14.